The predicted molar refractivity (Wildman–Crippen MR) is 107 cm³/mol. The molecular formula is C19H22N4O3S. The van der Waals surface area contributed by atoms with Gasteiger partial charge >= 0.3 is 0 Å². The molecule has 2 rings (SSSR count). The number of aryl methyl sites for hydroxylation is 2. The number of nitrogens with zero attached hydrogens (tertiary/aromatic N) is 3. The van der Waals surface area contributed by atoms with Crippen LogP contribution in [0.4, 0.5) is 0 Å². The van der Waals surface area contributed by atoms with Crippen LogP contribution in [0.3, 0.4) is 0 Å². The zero-order valence-corrected chi connectivity index (χ0v) is 16.3. The molecule has 0 aliphatic heterocycles. The van der Waals surface area contributed by atoms with E-state index >= 15 is 0 Å². The number of phenols is 1. The quantitative estimate of drug-likeness (QED) is 0.238. The molecule has 27 heavy (non-hydrogen) atoms. The number of amides is 1. The number of benzene rings is 1. The van der Waals surface area contributed by atoms with Gasteiger partial charge in [0.05, 0.1) is 19.1 Å². The highest BCUT2D eigenvalue weighted by atomic mass is 32.2. The van der Waals surface area contributed by atoms with Gasteiger partial charge in [0.1, 0.15) is 0 Å². The minimum atomic E-state index is -0.268. The average molecular weight is 386 g/mol. The summed E-state index contributed by atoms with van der Waals surface area (Å²) in [6.07, 6.45) is 3.66. The van der Waals surface area contributed by atoms with Crippen molar-refractivity contribution in [3.63, 3.8) is 0 Å². The van der Waals surface area contributed by atoms with E-state index in [4.69, 9.17) is 4.74 Å². The molecule has 0 radical (unpaired) electrons. The summed E-state index contributed by atoms with van der Waals surface area (Å²) in [5, 5.41) is 14.6. The number of thioether (sulfide) groups is 1. The van der Waals surface area contributed by atoms with Crippen molar-refractivity contribution in [1.29, 1.82) is 0 Å². The number of carbonyl (C=O) groups excluding carboxylic acids is 1. The summed E-state index contributed by atoms with van der Waals surface area (Å²) in [7, 11) is 1.47. The largest absolute Gasteiger partial charge is 0.504 e. The van der Waals surface area contributed by atoms with Crippen molar-refractivity contribution in [3.8, 4) is 11.5 Å². The van der Waals surface area contributed by atoms with Crippen LogP contribution in [0, 0.1) is 13.8 Å². The number of hydrazone groups is 1. The van der Waals surface area contributed by atoms with Gasteiger partial charge < -0.3 is 9.84 Å². The van der Waals surface area contributed by atoms with Crippen molar-refractivity contribution in [2.24, 2.45) is 5.10 Å². The second-order valence-corrected chi connectivity index (χ2v) is 6.68. The lowest BCUT2D eigenvalue weighted by Crippen LogP contribution is -2.19. The Labute approximate surface area is 162 Å². The minimum absolute atomic E-state index is 0.0726. The van der Waals surface area contributed by atoms with Crippen LogP contribution in [0.25, 0.3) is 0 Å². The number of hydrogen-bond donors (Lipinski definition) is 2. The highest BCUT2D eigenvalue weighted by Gasteiger charge is 2.09. The highest BCUT2D eigenvalue weighted by molar-refractivity contribution is 7.99. The summed E-state index contributed by atoms with van der Waals surface area (Å²) < 4.78 is 5.16. The van der Waals surface area contributed by atoms with Crippen LogP contribution in [-0.4, -0.2) is 40.1 Å². The summed E-state index contributed by atoms with van der Waals surface area (Å²) in [6, 6.07) is 5.27. The van der Waals surface area contributed by atoms with Crippen molar-refractivity contribution in [2.45, 2.75) is 25.4 Å². The number of allylic oxidation sites excluding steroid dienone is 1. The molecule has 0 aliphatic carbocycles. The van der Waals surface area contributed by atoms with Crippen molar-refractivity contribution in [2.75, 3.05) is 12.9 Å². The number of rotatable bonds is 8. The Morgan fingerprint density at radius 3 is 2.67 bits per heavy atom. The SMILES string of the molecule is C=CCc1cc(/C=N\NC(=O)CSc2nc(C)cc(C)n2)cc(OC)c1O. The van der Waals surface area contributed by atoms with E-state index in [0.717, 1.165) is 11.4 Å². The number of aromatic hydroxyl groups is 1. The van der Waals surface area contributed by atoms with E-state index in [1.165, 1.54) is 25.1 Å². The highest BCUT2D eigenvalue weighted by Crippen LogP contribution is 2.31. The van der Waals surface area contributed by atoms with Crippen LogP contribution >= 0.6 is 11.8 Å². The Morgan fingerprint density at radius 2 is 2.04 bits per heavy atom. The number of aromatic nitrogens is 2. The third-order valence-corrected chi connectivity index (χ3v) is 4.30. The summed E-state index contributed by atoms with van der Waals surface area (Å²) >= 11 is 1.25. The first kappa shape index (κ1) is 20.4. The van der Waals surface area contributed by atoms with E-state index in [2.05, 4.69) is 27.1 Å². The molecule has 0 aliphatic rings. The lowest BCUT2D eigenvalue weighted by Gasteiger charge is -2.09. The van der Waals surface area contributed by atoms with E-state index in [9.17, 15) is 9.90 Å². The zero-order valence-electron chi connectivity index (χ0n) is 15.5. The van der Waals surface area contributed by atoms with Gasteiger partial charge in [-0.1, -0.05) is 17.8 Å². The molecular weight excluding hydrogens is 364 g/mol. The van der Waals surface area contributed by atoms with Crippen LogP contribution in [-0.2, 0) is 11.2 Å². The molecule has 0 bridgehead atoms. The molecule has 0 spiro atoms. The third kappa shape index (κ3) is 6.10. The van der Waals surface area contributed by atoms with Crippen molar-refractivity contribution in [1.82, 2.24) is 15.4 Å². The van der Waals surface area contributed by atoms with E-state index in [1.54, 1.807) is 18.2 Å². The number of methoxy groups -OCH3 is 1. The maximum atomic E-state index is 11.9. The van der Waals surface area contributed by atoms with Gasteiger partial charge in [-0.15, -0.1) is 6.58 Å². The predicted octanol–water partition coefficient (Wildman–Crippen LogP) is 2.78. The van der Waals surface area contributed by atoms with E-state index in [1.807, 2.05) is 19.9 Å². The van der Waals surface area contributed by atoms with Crippen LogP contribution < -0.4 is 10.2 Å². The maximum Gasteiger partial charge on any atom is 0.250 e. The maximum absolute atomic E-state index is 11.9. The van der Waals surface area contributed by atoms with Crippen LogP contribution in [0.1, 0.15) is 22.5 Å². The second-order valence-electron chi connectivity index (χ2n) is 5.74. The minimum Gasteiger partial charge on any atom is -0.504 e. The molecule has 142 valence electrons. The van der Waals surface area contributed by atoms with Crippen LogP contribution in [0.2, 0.25) is 0 Å². The average Bonchev–Trinajstić information content (AvgIpc) is 2.62. The zero-order chi connectivity index (χ0) is 19.8. The molecule has 0 saturated carbocycles. The van der Waals surface area contributed by atoms with Gasteiger partial charge in [-0.25, -0.2) is 15.4 Å². The topological polar surface area (TPSA) is 96.7 Å². The Kier molecular flexibility index (Phi) is 7.36. The van der Waals surface area contributed by atoms with Crippen molar-refractivity contribution < 1.29 is 14.6 Å². The van der Waals surface area contributed by atoms with E-state index < -0.39 is 0 Å². The Bertz CT molecular complexity index is 848. The molecule has 0 unspecified atom stereocenters. The van der Waals surface area contributed by atoms with Crippen molar-refractivity contribution >= 4 is 23.9 Å². The Balaban J connectivity index is 1.97. The fourth-order valence-electron chi connectivity index (χ4n) is 2.33. The lowest BCUT2D eigenvalue weighted by molar-refractivity contribution is -0.118. The summed E-state index contributed by atoms with van der Waals surface area (Å²) in [5.74, 6) is 0.296. The molecule has 0 saturated heterocycles. The first-order chi connectivity index (χ1) is 12.9. The number of ether oxygens (including phenoxy) is 1. The molecule has 2 aromatic rings. The molecule has 1 amide bonds. The van der Waals surface area contributed by atoms with Gasteiger partial charge in [-0.2, -0.15) is 5.10 Å². The van der Waals surface area contributed by atoms with Crippen LogP contribution in [0.5, 0.6) is 11.5 Å². The number of carbonyl (C=O) groups is 1. The van der Waals surface area contributed by atoms with E-state index in [-0.39, 0.29) is 17.4 Å². The summed E-state index contributed by atoms with van der Waals surface area (Å²) in [6.45, 7) is 7.44. The molecule has 1 aromatic heterocycles. The smallest absolute Gasteiger partial charge is 0.250 e. The number of phenolic OH excluding ortho intramolecular Hbond substituents is 1. The number of nitrogens with one attached hydrogen (secondary N) is 1. The molecule has 1 heterocycles. The second kappa shape index (κ2) is 9.72. The lowest BCUT2D eigenvalue weighted by atomic mass is 10.1. The molecule has 0 atom stereocenters. The van der Waals surface area contributed by atoms with Gasteiger partial charge in [-0.05, 0) is 44.0 Å². The normalized spacial score (nSPS) is 10.8. The van der Waals surface area contributed by atoms with Gasteiger partial charge in [0.25, 0.3) is 5.91 Å². The standard InChI is InChI=1S/C19H22N4O3S/c1-5-6-15-8-14(9-16(26-4)18(15)25)10-20-23-17(24)11-27-19-21-12(2)7-13(3)22-19/h5,7-10,25H,1,6,11H2,2-4H3,(H,23,24)/b20-10-. The fraction of sp³-hybridized carbons (Fsp3) is 0.263. The van der Waals surface area contributed by atoms with Gasteiger partial charge in [-0.3, -0.25) is 4.79 Å². The van der Waals surface area contributed by atoms with Gasteiger partial charge in [0.2, 0.25) is 0 Å². The monoisotopic (exact) mass is 386 g/mol. The first-order valence-corrected chi connectivity index (χ1v) is 9.19. The van der Waals surface area contributed by atoms with Gasteiger partial charge in [0.15, 0.2) is 16.7 Å². The molecule has 0 fully saturated rings. The van der Waals surface area contributed by atoms with Crippen molar-refractivity contribution in [3.05, 3.63) is 53.4 Å². The summed E-state index contributed by atoms with van der Waals surface area (Å²) in [4.78, 5) is 20.5. The molecule has 1 aromatic carbocycles. The molecule has 7 nitrogen and oxygen atoms in total. The fourth-order valence-corrected chi connectivity index (χ4v) is 3.07. The van der Waals surface area contributed by atoms with E-state index in [0.29, 0.717) is 28.5 Å². The van der Waals surface area contributed by atoms with Gasteiger partial charge in [0, 0.05) is 17.0 Å². The Morgan fingerprint density at radius 1 is 1.33 bits per heavy atom. The molecule has 8 heteroatoms. The third-order valence-electron chi connectivity index (χ3n) is 3.46. The van der Waals surface area contributed by atoms with Crippen LogP contribution in [0.15, 0.2) is 41.1 Å². The number of hydrogen-bond acceptors (Lipinski definition) is 7. The summed E-state index contributed by atoms with van der Waals surface area (Å²) in [5.41, 5.74) is 5.54. The Hall–Kier alpha value is -2.87. The molecule has 2 N–H and O–H groups in total. The first-order valence-electron chi connectivity index (χ1n) is 8.20.